The number of amides is 1. The number of aromatic nitrogens is 2. The smallest absolute Gasteiger partial charge is 0.338 e. The Morgan fingerprint density at radius 2 is 1.94 bits per heavy atom. The number of carbonyl (C=O) groups excluding carboxylic acids is 2. The highest BCUT2D eigenvalue weighted by molar-refractivity contribution is 5.98. The SMILES string of the molecule is CCCCN(C(=O)COC(=O)c1ccc(OC)c([N+](=O)[O-])c1)c1c(N)n(CCC)c(=O)[nH]c1=O. The molecule has 1 aromatic carbocycles. The van der Waals surface area contributed by atoms with Crippen LogP contribution in [0.4, 0.5) is 17.2 Å². The fourth-order valence-electron chi connectivity index (χ4n) is 3.21. The highest BCUT2D eigenvalue weighted by Crippen LogP contribution is 2.27. The van der Waals surface area contributed by atoms with Crippen molar-refractivity contribution in [1.29, 1.82) is 0 Å². The van der Waals surface area contributed by atoms with Crippen LogP contribution in [0.25, 0.3) is 0 Å². The van der Waals surface area contributed by atoms with Crippen LogP contribution in [0.15, 0.2) is 27.8 Å². The Hall–Kier alpha value is -4.16. The Morgan fingerprint density at radius 1 is 1.24 bits per heavy atom. The quantitative estimate of drug-likeness (QED) is 0.275. The van der Waals surface area contributed by atoms with Gasteiger partial charge in [0, 0.05) is 19.2 Å². The van der Waals surface area contributed by atoms with E-state index in [0.29, 0.717) is 19.3 Å². The summed E-state index contributed by atoms with van der Waals surface area (Å²) in [6.07, 6.45) is 1.76. The predicted molar refractivity (Wildman–Crippen MR) is 123 cm³/mol. The number of methoxy groups -OCH3 is 1. The summed E-state index contributed by atoms with van der Waals surface area (Å²) in [5.41, 5.74) is 3.74. The molecule has 184 valence electrons. The third-order valence-corrected chi connectivity index (χ3v) is 4.91. The Balaban J connectivity index is 2.31. The Morgan fingerprint density at radius 3 is 2.53 bits per heavy atom. The molecule has 2 aromatic rings. The van der Waals surface area contributed by atoms with Crippen molar-refractivity contribution >= 4 is 29.1 Å². The number of nitrogens with zero attached hydrogens (tertiary/aromatic N) is 3. The van der Waals surface area contributed by atoms with Gasteiger partial charge in [-0.3, -0.25) is 29.3 Å². The van der Waals surface area contributed by atoms with Crippen molar-refractivity contribution in [3.63, 3.8) is 0 Å². The first-order chi connectivity index (χ1) is 16.2. The molecule has 0 spiro atoms. The molecule has 1 aromatic heterocycles. The van der Waals surface area contributed by atoms with Gasteiger partial charge in [0.15, 0.2) is 18.0 Å². The minimum atomic E-state index is -0.979. The first kappa shape index (κ1) is 26.1. The van der Waals surface area contributed by atoms with Crippen LogP contribution in [0.2, 0.25) is 0 Å². The van der Waals surface area contributed by atoms with E-state index in [9.17, 15) is 29.3 Å². The van der Waals surface area contributed by atoms with Crippen LogP contribution in [0, 0.1) is 10.1 Å². The molecule has 13 nitrogen and oxygen atoms in total. The number of rotatable bonds is 11. The van der Waals surface area contributed by atoms with Crippen LogP contribution in [0.1, 0.15) is 43.5 Å². The van der Waals surface area contributed by atoms with Crippen molar-refractivity contribution in [2.75, 3.05) is 30.9 Å². The summed E-state index contributed by atoms with van der Waals surface area (Å²) in [7, 11) is 1.25. The first-order valence-corrected chi connectivity index (χ1v) is 10.6. The number of anilines is 2. The summed E-state index contributed by atoms with van der Waals surface area (Å²) < 4.78 is 11.1. The molecule has 13 heteroatoms. The molecule has 0 aliphatic carbocycles. The van der Waals surface area contributed by atoms with Crippen molar-refractivity contribution < 1.29 is 24.0 Å². The lowest BCUT2D eigenvalue weighted by molar-refractivity contribution is -0.385. The second-order valence-corrected chi connectivity index (χ2v) is 7.26. The van der Waals surface area contributed by atoms with Crippen LogP contribution in [-0.4, -0.2) is 46.6 Å². The number of esters is 1. The number of nitrogen functional groups attached to an aromatic ring is 1. The van der Waals surface area contributed by atoms with Gasteiger partial charge in [-0.1, -0.05) is 20.3 Å². The number of carbonyl (C=O) groups is 2. The molecular weight excluding hydrogens is 450 g/mol. The number of unbranched alkanes of at least 4 members (excludes halogenated alkanes) is 1. The maximum Gasteiger partial charge on any atom is 0.338 e. The zero-order valence-electron chi connectivity index (χ0n) is 19.2. The number of nitrogens with one attached hydrogen (secondary N) is 1. The maximum atomic E-state index is 12.9. The Bertz CT molecular complexity index is 1190. The highest BCUT2D eigenvalue weighted by atomic mass is 16.6. The normalized spacial score (nSPS) is 10.6. The summed E-state index contributed by atoms with van der Waals surface area (Å²) in [4.78, 5) is 63.7. The number of hydrogen-bond acceptors (Lipinski definition) is 9. The molecule has 0 aliphatic heterocycles. The molecule has 1 heterocycles. The van der Waals surface area contributed by atoms with Crippen molar-refractivity contribution in [1.82, 2.24) is 9.55 Å². The summed E-state index contributed by atoms with van der Waals surface area (Å²) in [6.45, 7) is 3.27. The highest BCUT2D eigenvalue weighted by Gasteiger charge is 2.25. The molecule has 0 unspecified atom stereocenters. The van der Waals surface area contributed by atoms with Gasteiger partial charge in [-0.25, -0.2) is 9.59 Å². The second-order valence-electron chi connectivity index (χ2n) is 7.26. The molecular formula is C21H27N5O8. The monoisotopic (exact) mass is 477 g/mol. The average molecular weight is 477 g/mol. The minimum absolute atomic E-state index is 0.0414. The maximum absolute atomic E-state index is 12.9. The fourth-order valence-corrected chi connectivity index (χ4v) is 3.21. The average Bonchev–Trinajstić information content (AvgIpc) is 2.81. The molecule has 34 heavy (non-hydrogen) atoms. The number of benzene rings is 1. The molecule has 0 saturated heterocycles. The van der Waals surface area contributed by atoms with Gasteiger partial charge in [-0.05, 0) is 25.0 Å². The Labute approximate surface area is 194 Å². The van der Waals surface area contributed by atoms with Crippen LogP contribution in [0.5, 0.6) is 5.75 Å². The molecule has 1 amide bonds. The summed E-state index contributed by atoms with van der Waals surface area (Å²) in [5, 5.41) is 11.2. The van der Waals surface area contributed by atoms with E-state index < -0.39 is 40.3 Å². The standard InChI is InChI=1S/C21H27N5O8/c1-4-6-10-24(17-18(22)25(9-5-2)21(30)23-19(17)28)16(27)12-34-20(29)13-7-8-15(33-3)14(11-13)26(31)32/h7-8,11H,4-6,9-10,12,22H2,1-3H3,(H,23,28,30). The molecule has 0 bridgehead atoms. The minimum Gasteiger partial charge on any atom is -0.490 e. The third kappa shape index (κ3) is 5.79. The number of nitrogens with two attached hydrogens (primary N) is 1. The zero-order valence-corrected chi connectivity index (χ0v) is 19.2. The van der Waals surface area contributed by atoms with Crippen LogP contribution in [0.3, 0.4) is 0 Å². The second kappa shape index (κ2) is 11.6. The van der Waals surface area contributed by atoms with Gasteiger partial charge < -0.3 is 20.1 Å². The van der Waals surface area contributed by atoms with Gasteiger partial charge in [0.25, 0.3) is 11.5 Å². The van der Waals surface area contributed by atoms with Gasteiger partial charge in [-0.15, -0.1) is 0 Å². The summed E-state index contributed by atoms with van der Waals surface area (Å²) in [6, 6.07) is 3.47. The molecule has 2 rings (SSSR count). The zero-order chi connectivity index (χ0) is 25.4. The number of ether oxygens (including phenoxy) is 2. The van der Waals surface area contributed by atoms with E-state index in [-0.39, 0.29) is 35.9 Å². The number of nitro groups is 1. The van der Waals surface area contributed by atoms with Gasteiger partial charge >= 0.3 is 17.3 Å². The Kier molecular flexibility index (Phi) is 8.93. The van der Waals surface area contributed by atoms with Gasteiger partial charge in [0.2, 0.25) is 0 Å². The van der Waals surface area contributed by atoms with Crippen molar-refractivity contribution in [3.05, 3.63) is 54.7 Å². The molecule has 3 N–H and O–H groups in total. The largest absolute Gasteiger partial charge is 0.490 e. The lowest BCUT2D eigenvalue weighted by Gasteiger charge is -2.24. The fraction of sp³-hybridized carbons (Fsp3) is 0.429. The van der Waals surface area contributed by atoms with Gasteiger partial charge in [0.05, 0.1) is 17.6 Å². The van der Waals surface area contributed by atoms with Crippen molar-refractivity contribution in [3.8, 4) is 5.75 Å². The van der Waals surface area contributed by atoms with Crippen LogP contribution in [-0.2, 0) is 16.1 Å². The van der Waals surface area contributed by atoms with Gasteiger partial charge in [0.1, 0.15) is 5.82 Å². The summed E-state index contributed by atoms with van der Waals surface area (Å²) in [5.74, 6) is -1.94. The van der Waals surface area contributed by atoms with Crippen molar-refractivity contribution in [2.24, 2.45) is 0 Å². The molecule has 0 fully saturated rings. The topological polar surface area (TPSA) is 180 Å². The van der Waals surface area contributed by atoms with E-state index in [1.165, 1.54) is 19.2 Å². The number of aromatic amines is 1. The van der Waals surface area contributed by atoms with E-state index in [1.54, 1.807) is 0 Å². The lowest BCUT2D eigenvalue weighted by atomic mass is 10.2. The van der Waals surface area contributed by atoms with Gasteiger partial charge in [-0.2, -0.15) is 0 Å². The number of hydrogen-bond donors (Lipinski definition) is 2. The van der Waals surface area contributed by atoms with E-state index in [4.69, 9.17) is 15.2 Å². The van der Waals surface area contributed by atoms with E-state index in [1.807, 2.05) is 13.8 Å². The third-order valence-electron chi connectivity index (χ3n) is 4.91. The molecule has 0 atom stereocenters. The molecule has 0 saturated carbocycles. The van der Waals surface area contributed by atoms with Crippen LogP contribution >= 0.6 is 0 Å². The summed E-state index contributed by atoms with van der Waals surface area (Å²) >= 11 is 0. The number of H-pyrrole nitrogens is 1. The molecule has 0 radical (unpaired) electrons. The predicted octanol–water partition coefficient (Wildman–Crippen LogP) is 1.44. The number of nitro benzene ring substituents is 1. The lowest BCUT2D eigenvalue weighted by Crippen LogP contribution is -2.43. The van der Waals surface area contributed by atoms with E-state index in [0.717, 1.165) is 15.5 Å². The van der Waals surface area contributed by atoms with Crippen molar-refractivity contribution in [2.45, 2.75) is 39.7 Å². The molecule has 0 aliphatic rings. The van der Waals surface area contributed by atoms with Crippen LogP contribution < -0.4 is 26.6 Å². The van der Waals surface area contributed by atoms with E-state index in [2.05, 4.69) is 4.98 Å². The first-order valence-electron chi connectivity index (χ1n) is 10.6. The van der Waals surface area contributed by atoms with E-state index >= 15 is 0 Å².